The first kappa shape index (κ1) is 20.1. The lowest BCUT2D eigenvalue weighted by molar-refractivity contribution is 0.333. The van der Waals surface area contributed by atoms with Gasteiger partial charge in [-0.3, -0.25) is 0 Å². The van der Waals surface area contributed by atoms with Crippen molar-refractivity contribution in [2.45, 2.75) is 76.3 Å². The van der Waals surface area contributed by atoms with Crippen molar-refractivity contribution in [2.24, 2.45) is 0 Å². The van der Waals surface area contributed by atoms with Crippen LogP contribution in [0.15, 0.2) is 42.5 Å². The fraction of sp³-hybridized carbons (Fsp3) is 0.538. The highest BCUT2D eigenvalue weighted by Gasteiger charge is 2.32. The fourth-order valence-electron chi connectivity index (χ4n) is 5.42. The van der Waals surface area contributed by atoms with Gasteiger partial charge in [-0.15, -0.1) is 0 Å². The van der Waals surface area contributed by atoms with Crippen molar-refractivity contribution in [3.63, 3.8) is 0 Å². The van der Waals surface area contributed by atoms with Crippen LogP contribution in [0.25, 0.3) is 11.1 Å². The van der Waals surface area contributed by atoms with Crippen LogP contribution in [-0.4, -0.2) is 26.3 Å². The number of anilines is 1. The van der Waals surface area contributed by atoms with Gasteiger partial charge in [-0.05, 0) is 43.4 Å². The molecule has 3 heteroatoms. The van der Waals surface area contributed by atoms with Crippen LogP contribution in [0.2, 0.25) is 0 Å². The quantitative estimate of drug-likeness (QED) is 0.536. The highest BCUT2D eigenvalue weighted by Crippen LogP contribution is 2.47. The number of nitrogens with zero attached hydrogens (tertiary/aromatic N) is 1. The first-order valence-electron chi connectivity index (χ1n) is 11.4. The molecule has 2 saturated carbocycles. The van der Waals surface area contributed by atoms with Crippen LogP contribution < -0.4 is 14.4 Å². The summed E-state index contributed by atoms with van der Waals surface area (Å²) in [5.74, 6) is 1.84. The lowest BCUT2D eigenvalue weighted by Gasteiger charge is -2.44. The van der Waals surface area contributed by atoms with Crippen LogP contribution in [0, 0.1) is 0 Å². The average Bonchev–Trinajstić information content (AvgIpc) is 2.81. The first-order chi connectivity index (χ1) is 14.3. The van der Waals surface area contributed by atoms with Gasteiger partial charge >= 0.3 is 0 Å². The summed E-state index contributed by atoms with van der Waals surface area (Å²) in [6.45, 7) is 0. The Morgan fingerprint density at radius 3 is 1.79 bits per heavy atom. The molecule has 2 aromatic carbocycles. The second-order valence-electron chi connectivity index (χ2n) is 8.55. The Kier molecular flexibility index (Phi) is 6.63. The SMILES string of the molecule is COc1ccc(N(C2CCCCC2)C2CCCCC2)c(OC)c1-c1ccccc1. The summed E-state index contributed by atoms with van der Waals surface area (Å²) in [5, 5.41) is 0. The summed E-state index contributed by atoms with van der Waals surface area (Å²) < 4.78 is 11.9. The van der Waals surface area contributed by atoms with E-state index in [2.05, 4.69) is 47.4 Å². The Bertz CT molecular complexity index is 759. The smallest absolute Gasteiger partial charge is 0.153 e. The highest BCUT2D eigenvalue weighted by atomic mass is 16.5. The first-order valence-corrected chi connectivity index (χ1v) is 11.4. The second-order valence-corrected chi connectivity index (χ2v) is 8.55. The predicted molar refractivity (Wildman–Crippen MR) is 121 cm³/mol. The van der Waals surface area contributed by atoms with Gasteiger partial charge in [0.25, 0.3) is 0 Å². The Morgan fingerprint density at radius 2 is 1.28 bits per heavy atom. The van der Waals surface area contributed by atoms with Gasteiger partial charge in [-0.1, -0.05) is 68.9 Å². The largest absolute Gasteiger partial charge is 0.496 e. The molecule has 156 valence electrons. The van der Waals surface area contributed by atoms with E-state index < -0.39 is 0 Å². The van der Waals surface area contributed by atoms with E-state index in [0.717, 1.165) is 22.6 Å². The van der Waals surface area contributed by atoms with Crippen LogP contribution in [0.1, 0.15) is 64.2 Å². The number of rotatable bonds is 6. The van der Waals surface area contributed by atoms with E-state index >= 15 is 0 Å². The maximum atomic E-state index is 6.11. The van der Waals surface area contributed by atoms with E-state index in [-0.39, 0.29) is 0 Å². The molecule has 0 aromatic heterocycles. The molecule has 2 aliphatic rings. The molecule has 0 heterocycles. The van der Waals surface area contributed by atoms with Gasteiger partial charge < -0.3 is 14.4 Å². The van der Waals surface area contributed by atoms with Gasteiger partial charge in [-0.2, -0.15) is 0 Å². The average molecular weight is 394 g/mol. The van der Waals surface area contributed by atoms with Gasteiger partial charge in [0.15, 0.2) is 5.75 Å². The Labute approximate surface area is 176 Å². The number of benzene rings is 2. The topological polar surface area (TPSA) is 21.7 Å². The van der Waals surface area contributed by atoms with Crippen molar-refractivity contribution in [2.75, 3.05) is 19.1 Å². The molecule has 2 aliphatic carbocycles. The normalized spacial score (nSPS) is 18.4. The molecule has 0 amide bonds. The van der Waals surface area contributed by atoms with Crippen LogP contribution in [0.5, 0.6) is 11.5 Å². The monoisotopic (exact) mass is 393 g/mol. The third-order valence-corrected chi connectivity index (χ3v) is 6.80. The summed E-state index contributed by atoms with van der Waals surface area (Å²) in [6, 6.07) is 16.2. The van der Waals surface area contributed by atoms with Crippen molar-refractivity contribution in [3.8, 4) is 22.6 Å². The van der Waals surface area contributed by atoms with Gasteiger partial charge in [-0.25, -0.2) is 0 Å². The van der Waals surface area contributed by atoms with Crippen LogP contribution in [-0.2, 0) is 0 Å². The minimum atomic E-state index is 0.623. The molecular weight excluding hydrogens is 358 g/mol. The van der Waals surface area contributed by atoms with E-state index in [1.54, 1.807) is 7.11 Å². The summed E-state index contributed by atoms with van der Waals surface area (Å²) in [7, 11) is 3.56. The zero-order valence-electron chi connectivity index (χ0n) is 18.0. The van der Waals surface area contributed by atoms with Crippen LogP contribution >= 0.6 is 0 Å². The number of ether oxygens (including phenoxy) is 2. The number of methoxy groups -OCH3 is 2. The molecule has 4 rings (SSSR count). The molecule has 0 aliphatic heterocycles. The second kappa shape index (κ2) is 9.56. The van der Waals surface area contributed by atoms with Crippen molar-refractivity contribution in [1.82, 2.24) is 0 Å². The maximum absolute atomic E-state index is 6.11. The Morgan fingerprint density at radius 1 is 0.690 bits per heavy atom. The maximum Gasteiger partial charge on any atom is 0.153 e. The van der Waals surface area contributed by atoms with Crippen LogP contribution in [0.4, 0.5) is 5.69 Å². The lowest BCUT2D eigenvalue weighted by atomic mass is 9.87. The van der Waals surface area contributed by atoms with Crippen molar-refractivity contribution in [1.29, 1.82) is 0 Å². The summed E-state index contributed by atoms with van der Waals surface area (Å²) in [5.41, 5.74) is 3.48. The molecular formula is C26H35NO2. The summed E-state index contributed by atoms with van der Waals surface area (Å²) in [4.78, 5) is 2.75. The Balaban J connectivity index is 1.83. The molecule has 0 unspecified atom stereocenters. The molecule has 0 saturated heterocycles. The van der Waals surface area contributed by atoms with Gasteiger partial charge in [0.05, 0.1) is 25.5 Å². The third-order valence-electron chi connectivity index (χ3n) is 6.80. The molecule has 0 N–H and O–H groups in total. The summed E-state index contributed by atoms with van der Waals surface area (Å²) in [6.07, 6.45) is 13.3. The Hall–Kier alpha value is -2.16. The van der Waals surface area contributed by atoms with E-state index in [1.807, 2.05) is 7.11 Å². The molecule has 0 radical (unpaired) electrons. The minimum absolute atomic E-state index is 0.623. The molecule has 3 nitrogen and oxygen atoms in total. The zero-order valence-corrected chi connectivity index (χ0v) is 18.0. The van der Waals surface area contributed by atoms with Gasteiger partial charge in [0.1, 0.15) is 5.75 Å². The molecule has 0 atom stereocenters. The minimum Gasteiger partial charge on any atom is -0.496 e. The van der Waals surface area contributed by atoms with E-state index in [0.29, 0.717) is 12.1 Å². The predicted octanol–water partition coefficient (Wildman–Crippen LogP) is 6.84. The number of hydrogen-bond acceptors (Lipinski definition) is 3. The van der Waals surface area contributed by atoms with Crippen molar-refractivity contribution >= 4 is 5.69 Å². The molecule has 2 aromatic rings. The standard InChI is InChI=1S/C26H35NO2/c1-28-24-19-18-23(26(29-2)25(24)20-12-6-3-7-13-20)27(21-14-8-4-9-15-21)22-16-10-5-11-17-22/h3,6-7,12-13,18-19,21-22H,4-5,8-11,14-17H2,1-2H3. The third kappa shape index (κ3) is 4.24. The van der Waals surface area contributed by atoms with Gasteiger partial charge in [0.2, 0.25) is 0 Å². The van der Waals surface area contributed by atoms with Crippen molar-refractivity contribution < 1.29 is 9.47 Å². The lowest BCUT2D eigenvalue weighted by Crippen LogP contribution is -2.45. The zero-order chi connectivity index (χ0) is 20.1. The molecule has 29 heavy (non-hydrogen) atoms. The van der Waals surface area contributed by atoms with Crippen LogP contribution in [0.3, 0.4) is 0 Å². The summed E-state index contributed by atoms with van der Waals surface area (Å²) >= 11 is 0. The molecule has 2 fully saturated rings. The van der Waals surface area contributed by atoms with E-state index in [4.69, 9.17) is 9.47 Å². The van der Waals surface area contributed by atoms with E-state index in [1.165, 1.54) is 69.9 Å². The van der Waals surface area contributed by atoms with Gasteiger partial charge in [0, 0.05) is 12.1 Å². The number of hydrogen-bond donors (Lipinski definition) is 0. The van der Waals surface area contributed by atoms with Crippen molar-refractivity contribution in [3.05, 3.63) is 42.5 Å². The highest BCUT2D eigenvalue weighted by molar-refractivity contribution is 5.84. The fourth-order valence-corrected chi connectivity index (χ4v) is 5.42. The van der Waals surface area contributed by atoms with E-state index in [9.17, 15) is 0 Å². The molecule has 0 bridgehead atoms. The molecule has 0 spiro atoms.